The minimum atomic E-state index is -4.48. The summed E-state index contributed by atoms with van der Waals surface area (Å²) in [6.45, 7) is 0. The molecule has 0 amide bonds. The number of hydrogen-bond acceptors (Lipinski definition) is 2. The van der Waals surface area contributed by atoms with Crippen molar-refractivity contribution in [2.75, 3.05) is 0 Å². The number of alkyl halides is 1. The van der Waals surface area contributed by atoms with E-state index in [0.717, 1.165) is 12.1 Å². The van der Waals surface area contributed by atoms with Gasteiger partial charge in [-0.2, -0.15) is 0 Å². The molecule has 80 valence electrons. The quantitative estimate of drug-likeness (QED) is 0.448. The zero-order chi connectivity index (χ0) is 11.5. The lowest BCUT2D eigenvalue weighted by molar-refractivity contribution is -0.0270. The Kier molecular flexibility index (Phi) is 3.28. The fourth-order valence-electron chi connectivity index (χ4n) is 0.903. The van der Waals surface area contributed by atoms with Gasteiger partial charge < -0.3 is 5.53 Å². The maximum absolute atomic E-state index is 13.0. The van der Waals surface area contributed by atoms with Gasteiger partial charge in [0, 0.05) is 0 Å². The normalized spacial score (nSPS) is 12.9. The summed E-state index contributed by atoms with van der Waals surface area (Å²) in [6.07, 6.45) is 0. The monoisotopic (exact) mass is 232 g/mol. The number of rotatable bonds is 3. The molecular formula is C8H6F2N2O2S. The molecule has 0 aromatic heterocycles. The summed E-state index contributed by atoms with van der Waals surface area (Å²) in [5.74, 6) is -1.99. The van der Waals surface area contributed by atoms with Gasteiger partial charge in [-0.05, 0) is 12.1 Å². The molecular weight excluding hydrogens is 226 g/mol. The highest BCUT2D eigenvalue weighted by molar-refractivity contribution is 7.92. The lowest BCUT2D eigenvalue weighted by Crippen LogP contribution is -2.23. The van der Waals surface area contributed by atoms with Gasteiger partial charge in [0.1, 0.15) is 0 Å². The Morgan fingerprint density at radius 2 is 1.87 bits per heavy atom. The zero-order valence-electron chi connectivity index (χ0n) is 7.34. The van der Waals surface area contributed by atoms with Crippen LogP contribution < -0.4 is 0 Å². The van der Waals surface area contributed by atoms with E-state index in [1.807, 2.05) is 4.79 Å². The summed E-state index contributed by atoms with van der Waals surface area (Å²) in [5.41, 5.74) is 4.94. The Morgan fingerprint density at radius 1 is 1.33 bits per heavy atom. The number of sulfone groups is 1. The molecule has 0 heterocycles. The molecule has 1 unspecified atom stereocenters. The third-order valence-corrected chi connectivity index (χ3v) is 3.30. The summed E-state index contributed by atoms with van der Waals surface area (Å²) in [4.78, 5) is 1.50. The molecule has 0 N–H and O–H groups in total. The Morgan fingerprint density at radius 3 is 2.33 bits per heavy atom. The van der Waals surface area contributed by atoms with Crippen LogP contribution >= 0.6 is 0 Å². The maximum Gasteiger partial charge on any atom is 0.493 e. The number of benzene rings is 1. The molecule has 0 aliphatic rings. The Hall–Kier alpha value is -1.59. The second-order valence-electron chi connectivity index (χ2n) is 2.60. The summed E-state index contributed by atoms with van der Waals surface area (Å²) >= 11 is 0. The highest BCUT2D eigenvalue weighted by Gasteiger charge is 2.38. The van der Waals surface area contributed by atoms with Gasteiger partial charge in [0.15, 0.2) is 0 Å². The van der Waals surface area contributed by atoms with Crippen molar-refractivity contribution in [1.29, 1.82) is 0 Å². The Balaban J connectivity index is 3.21. The van der Waals surface area contributed by atoms with Gasteiger partial charge in [0.05, 0.1) is 4.90 Å². The van der Waals surface area contributed by atoms with Crippen molar-refractivity contribution in [2.24, 2.45) is 0 Å². The summed E-state index contributed by atoms with van der Waals surface area (Å²) in [6, 6.07) is 6.50. The number of nitrogens with zero attached hydrogens (tertiary/aromatic N) is 2. The van der Waals surface area contributed by atoms with E-state index in [0.29, 0.717) is 0 Å². The highest BCUT2D eigenvalue weighted by atomic mass is 32.2. The second-order valence-corrected chi connectivity index (χ2v) is 4.57. The molecule has 1 aromatic carbocycles. The van der Waals surface area contributed by atoms with Crippen LogP contribution in [0.2, 0.25) is 0 Å². The fraction of sp³-hybridized carbons (Fsp3) is 0.125. The van der Waals surface area contributed by atoms with Crippen molar-refractivity contribution in [3.63, 3.8) is 0 Å². The standard InChI is InChI=1S/C8H6F2N2O2S/c9-7(12-11)8(10)15(13,14)6-4-2-1-3-5-6/h1-5,8H. The molecule has 0 bridgehead atoms. The van der Waals surface area contributed by atoms with Crippen LogP contribution in [-0.4, -0.2) is 24.7 Å². The van der Waals surface area contributed by atoms with Gasteiger partial charge in [0.25, 0.3) is 0 Å². The van der Waals surface area contributed by atoms with Gasteiger partial charge in [-0.15, -0.1) is 9.18 Å². The highest BCUT2D eigenvalue weighted by Crippen LogP contribution is 2.17. The van der Waals surface area contributed by atoms with E-state index in [1.165, 1.54) is 18.2 Å². The summed E-state index contributed by atoms with van der Waals surface area (Å²) < 4.78 is 48.1. The minimum absolute atomic E-state index is 0.378. The lowest BCUT2D eigenvalue weighted by atomic mass is 10.4. The molecule has 0 saturated carbocycles. The molecule has 1 aromatic rings. The Bertz CT molecular complexity index is 495. The smallest absolute Gasteiger partial charge is 0.358 e. The van der Waals surface area contributed by atoms with E-state index >= 15 is 0 Å². The van der Waals surface area contributed by atoms with Crippen molar-refractivity contribution in [3.05, 3.63) is 35.9 Å². The van der Waals surface area contributed by atoms with E-state index in [2.05, 4.69) is 0 Å². The van der Waals surface area contributed by atoms with Gasteiger partial charge >= 0.3 is 11.5 Å². The van der Waals surface area contributed by atoms with Crippen LogP contribution in [0.5, 0.6) is 0 Å². The average Bonchev–Trinajstić information content (AvgIpc) is 2.28. The molecule has 1 atom stereocenters. The van der Waals surface area contributed by atoms with Gasteiger partial charge in [0.2, 0.25) is 9.84 Å². The van der Waals surface area contributed by atoms with E-state index in [4.69, 9.17) is 5.53 Å². The predicted octanol–water partition coefficient (Wildman–Crippen LogP) is 1.35. The van der Waals surface area contributed by atoms with Crippen molar-refractivity contribution in [1.82, 2.24) is 0 Å². The summed E-state index contributed by atoms with van der Waals surface area (Å²) in [5, 5.41) is 0. The molecule has 0 aliphatic heterocycles. The molecule has 0 radical (unpaired) electrons. The van der Waals surface area contributed by atoms with Gasteiger partial charge in [-0.1, -0.05) is 18.2 Å². The molecule has 4 nitrogen and oxygen atoms in total. The fourth-order valence-corrected chi connectivity index (χ4v) is 1.98. The van der Waals surface area contributed by atoms with Crippen LogP contribution in [0, 0.1) is 0 Å². The molecule has 0 spiro atoms. The largest absolute Gasteiger partial charge is 0.493 e. The van der Waals surface area contributed by atoms with Crippen LogP contribution in [0.1, 0.15) is 0 Å². The first kappa shape index (κ1) is 11.5. The van der Waals surface area contributed by atoms with E-state index in [-0.39, 0.29) is 4.90 Å². The number of hydrogen-bond donors (Lipinski definition) is 0. The molecule has 0 fully saturated rings. The molecule has 15 heavy (non-hydrogen) atoms. The van der Waals surface area contributed by atoms with Crippen LogP contribution in [0.15, 0.2) is 35.2 Å². The SMILES string of the molecule is [N-]=[N+]=C(F)C(F)S(=O)(=O)c1ccccc1. The zero-order valence-corrected chi connectivity index (χ0v) is 8.16. The van der Waals surface area contributed by atoms with Gasteiger partial charge in [-0.25, -0.2) is 12.8 Å². The van der Waals surface area contributed by atoms with Crippen molar-refractivity contribution in [3.8, 4) is 0 Å². The minimum Gasteiger partial charge on any atom is -0.358 e. The molecule has 7 heteroatoms. The first-order valence-corrected chi connectivity index (χ1v) is 5.35. The van der Waals surface area contributed by atoms with Crippen LogP contribution in [0.25, 0.3) is 5.53 Å². The molecule has 0 saturated heterocycles. The maximum atomic E-state index is 13.0. The van der Waals surface area contributed by atoms with Crippen molar-refractivity contribution >= 4 is 15.8 Å². The average molecular weight is 232 g/mol. The molecule has 0 aliphatic carbocycles. The first-order chi connectivity index (χ1) is 7.00. The summed E-state index contributed by atoms with van der Waals surface area (Å²) in [7, 11) is -4.48. The van der Waals surface area contributed by atoms with Crippen molar-refractivity contribution < 1.29 is 22.0 Å². The third-order valence-electron chi connectivity index (χ3n) is 1.63. The Labute approximate surface area is 84.7 Å². The van der Waals surface area contributed by atoms with E-state index in [9.17, 15) is 17.2 Å². The van der Waals surface area contributed by atoms with Crippen LogP contribution in [-0.2, 0) is 9.84 Å². The first-order valence-electron chi connectivity index (χ1n) is 3.80. The second kappa shape index (κ2) is 4.29. The molecule has 1 rings (SSSR count). The third kappa shape index (κ3) is 2.26. The number of halogens is 2. The predicted molar refractivity (Wildman–Crippen MR) is 48.3 cm³/mol. The van der Waals surface area contributed by atoms with Crippen LogP contribution in [0.4, 0.5) is 8.78 Å². The lowest BCUT2D eigenvalue weighted by Gasteiger charge is -2.02. The van der Waals surface area contributed by atoms with E-state index < -0.39 is 21.3 Å². The van der Waals surface area contributed by atoms with E-state index in [1.54, 1.807) is 0 Å². The van der Waals surface area contributed by atoms with Gasteiger partial charge in [-0.3, -0.25) is 0 Å². The topological polar surface area (TPSA) is 70.5 Å². The van der Waals surface area contributed by atoms with Crippen LogP contribution in [0.3, 0.4) is 0 Å². The van der Waals surface area contributed by atoms with Crippen molar-refractivity contribution in [2.45, 2.75) is 10.4 Å².